The third kappa shape index (κ3) is 3.95. The van der Waals surface area contributed by atoms with Gasteiger partial charge in [-0.1, -0.05) is 26.8 Å². The fraction of sp³-hybridized carbons (Fsp3) is 0.474. The van der Waals surface area contributed by atoms with Gasteiger partial charge in [0.25, 0.3) is 5.56 Å². The fourth-order valence-corrected chi connectivity index (χ4v) is 3.20. The van der Waals surface area contributed by atoms with Gasteiger partial charge in [-0.3, -0.25) is 14.6 Å². The first kappa shape index (κ1) is 17.3. The molecule has 6 nitrogen and oxygen atoms in total. The van der Waals surface area contributed by atoms with E-state index in [0.29, 0.717) is 5.92 Å². The lowest BCUT2D eigenvalue weighted by Crippen LogP contribution is -2.45. The van der Waals surface area contributed by atoms with E-state index in [9.17, 15) is 9.59 Å². The monoisotopic (exact) mass is 340 g/mol. The topological polar surface area (TPSA) is 76.9 Å². The zero-order valence-electron chi connectivity index (χ0n) is 14.9. The molecule has 0 bridgehead atoms. The van der Waals surface area contributed by atoms with Gasteiger partial charge in [0.05, 0.1) is 11.4 Å². The van der Waals surface area contributed by atoms with Gasteiger partial charge in [-0.05, 0) is 36.8 Å². The summed E-state index contributed by atoms with van der Waals surface area (Å²) in [4.78, 5) is 28.9. The second kappa shape index (κ2) is 7.17. The third-order valence-corrected chi connectivity index (χ3v) is 4.55. The van der Waals surface area contributed by atoms with E-state index in [1.165, 1.54) is 10.7 Å². The number of carbonyl (C=O) groups is 1. The molecule has 6 heteroatoms. The highest BCUT2D eigenvalue weighted by molar-refractivity contribution is 5.76. The van der Waals surface area contributed by atoms with Crippen molar-refractivity contribution in [3.63, 3.8) is 0 Å². The lowest BCUT2D eigenvalue weighted by atomic mass is 9.82. The summed E-state index contributed by atoms with van der Waals surface area (Å²) < 4.78 is 1.25. The largest absolute Gasteiger partial charge is 0.352 e. The molecule has 1 saturated carbocycles. The number of pyridine rings is 1. The number of rotatable bonds is 5. The van der Waals surface area contributed by atoms with Gasteiger partial charge >= 0.3 is 0 Å². The zero-order valence-corrected chi connectivity index (χ0v) is 14.9. The molecule has 0 unspecified atom stereocenters. The number of carbonyl (C=O) groups excluding carboxylic acids is 1. The number of nitrogens with zero attached hydrogens (tertiary/aromatic N) is 3. The molecular formula is C19H24N4O2. The summed E-state index contributed by atoms with van der Waals surface area (Å²) in [5.41, 5.74) is 1.92. The average Bonchev–Trinajstić information content (AvgIpc) is 2.55. The lowest BCUT2D eigenvalue weighted by Gasteiger charge is -2.33. The van der Waals surface area contributed by atoms with Crippen LogP contribution in [0.3, 0.4) is 0 Å². The molecule has 1 aliphatic rings. The van der Waals surface area contributed by atoms with E-state index in [-0.39, 0.29) is 30.0 Å². The molecule has 3 rings (SSSR count). The molecule has 132 valence electrons. The van der Waals surface area contributed by atoms with E-state index in [1.807, 2.05) is 32.0 Å². The normalized spacial score (nSPS) is 19.5. The number of hydrogen-bond acceptors (Lipinski definition) is 4. The summed E-state index contributed by atoms with van der Waals surface area (Å²) in [6.07, 6.45) is 3.70. The molecule has 2 aromatic heterocycles. The number of hydrogen-bond donors (Lipinski definition) is 1. The molecule has 0 saturated heterocycles. The van der Waals surface area contributed by atoms with Crippen LogP contribution in [0.4, 0.5) is 0 Å². The second-order valence-electron chi connectivity index (χ2n) is 7.15. The van der Waals surface area contributed by atoms with E-state index in [0.717, 1.165) is 29.8 Å². The van der Waals surface area contributed by atoms with Crippen molar-refractivity contribution in [2.24, 2.45) is 5.92 Å². The smallest absolute Gasteiger partial charge is 0.267 e. The van der Waals surface area contributed by atoms with Gasteiger partial charge in [-0.15, -0.1) is 0 Å². The quantitative estimate of drug-likeness (QED) is 0.906. The van der Waals surface area contributed by atoms with Gasteiger partial charge < -0.3 is 5.32 Å². The highest BCUT2D eigenvalue weighted by Gasteiger charge is 2.26. The average molecular weight is 340 g/mol. The highest BCUT2D eigenvalue weighted by atomic mass is 16.2. The number of amides is 1. The second-order valence-corrected chi connectivity index (χ2v) is 7.15. The minimum atomic E-state index is -0.290. The van der Waals surface area contributed by atoms with Gasteiger partial charge in [0, 0.05) is 23.9 Å². The summed E-state index contributed by atoms with van der Waals surface area (Å²) >= 11 is 0. The van der Waals surface area contributed by atoms with Crippen LogP contribution in [0.2, 0.25) is 0 Å². The summed E-state index contributed by atoms with van der Waals surface area (Å²) in [5, 5.41) is 7.42. The summed E-state index contributed by atoms with van der Waals surface area (Å²) in [7, 11) is 0. The molecule has 0 atom stereocenters. The molecule has 2 aromatic rings. The zero-order chi connectivity index (χ0) is 18.0. The van der Waals surface area contributed by atoms with E-state index < -0.39 is 0 Å². The first-order chi connectivity index (χ1) is 11.9. The van der Waals surface area contributed by atoms with Crippen molar-refractivity contribution in [2.45, 2.75) is 52.1 Å². The maximum absolute atomic E-state index is 12.4. The Morgan fingerprint density at radius 3 is 2.72 bits per heavy atom. The minimum Gasteiger partial charge on any atom is -0.352 e. The van der Waals surface area contributed by atoms with Crippen LogP contribution < -0.4 is 10.9 Å². The number of nitrogens with one attached hydrogen (secondary N) is 1. The molecule has 2 heterocycles. The molecule has 0 spiro atoms. The van der Waals surface area contributed by atoms with Crippen LogP contribution in [0.5, 0.6) is 0 Å². The lowest BCUT2D eigenvalue weighted by molar-refractivity contribution is -0.123. The van der Waals surface area contributed by atoms with E-state index >= 15 is 0 Å². The molecule has 25 heavy (non-hydrogen) atoms. The summed E-state index contributed by atoms with van der Waals surface area (Å²) in [6.45, 7) is 6.14. The van der Waals surface area contributed by atoms with Crippen LogP contribution >= 0.6 is 0 Å². The van der Waals surface area contributed by atoms with Crippen LogP contribution in [0, 0.1) is 5.92 Å². The van der Waals surface area contributed by atoms with Crippen LogP contribution in [0.15, 0.2) is 35.3 Å². The Bertz CT molecular complexity index is 808. The van der Waals surface area contributed by atoms with E-state index in [1.54, 1.807) is 6.20 Å². The molecule has 0 aromatic carbocycles. The van der Waals surface area contributed by atoms with Crippen LogP contribution in [-0.4, -0.2) is 26.7 Å². The van der Waals surface area contributed by atoms with Gasteiger partial charge in [0.15, 0.2) is 0 Å². The van der Waals surface area contributed by atoms with Crippen LogP contribution in [-0.2, 0) is 11.3 Å². The Kier molecular flexibility index (Phi) is 4.97. The highest BCUT2D eigenvalue weighted by Crippen LogP contribution is 2.26. The SMILES string of the molecule is CC1CC(NC(=O)Cn2nc(C(C)C)c(-c3ccccn3)cc2=O)C1. The van der Waals surface area contributed by atoms with E-state index in [2.05, 4.69) is 22.3 Å². The van der Waals surface area contributed by atoms with Crippen molar-refractivity contribution in [1.29, 1.82) is 0 Å². The van der Waals surface area contributed by atoms with Crippen molar-refractivity contribution in [3.8, 4) is 11.3 Å². The predicted molar refractivity (Wildman–Crippen MR) is 96.1 cm³/mol. The first-order valence-electron chi connectivity index (χ1n) is 8.77. The van der Waals surface area contributed by atoms with Crippen molar-refractivity contribution < 1.29 is 4.79 Å². The minimum absolute atomic E-state index is 0.0497. The standard InChI is InChI=1S/C19H24N4O2/c1-12(2)19-15(16-6-4-5-7-20-16)10-18(25)23(22-19)11-17(24)21-14-8-13(3)9-14/h4-7,10,12-14H,8-9,11H2,1-3H3,(H,21,24). The van der Waals surface area contributed by atoms with Crippen molar-refractivity contribution >= 4 is 5.91 Å². The maximum atomic E-state index is 12.4. The fourth-order valence-electron chi connectivity index (χ4n) is 3.20. The number of aromatic nitrogens is 3. The predicted octanol–water partition coefficient (Wildman–Crippen LogP) is 2.34. The van der Waals surface area contributed by atoms with Gasteiger partial charge in [0.2, 0.25) is 5.91 Å². The van der Waals surface area contributed by atoms with Gasteiger partial charge in [-0.2, -0.15) is 5.10 Å². The molecule has 1 fully saturated rings. The Morgan fingerprint density at radius 1 is 1.36 bits per heavy atom. The third-order valence-electron chi connectivity index (χ3n) is 4.55. The Hall–Kier alpha value is -2.50. The van der Waals surface area contributed by atoms with Gasteiger partial charge in [-0.25, -0.2) is 4.68 Å². The van der Waals surface area contributed by atoms with Gasteiger partial charge in [0.1, 0.15) is 6.54 Å². The molecule has 1 N–H and O–H groups in total. The molecular weight excluding hydrogens is 316 g/mol. The molecule has 0 radical (unpaired) electrons. The molecule has 1 amide bonds. The van der Waals surface area contributed by atoms with E-state index in [4.69, 9.17) is 0 Å². The maximum Gasteiger partial charge on any atom is 0.267 e. The Morgan fingerprint density at radius 2 is 2.12 bits per heavy atom. The summed E-state index contributed by atoms with van der Waals surface area (Å²) in [6, 6.07) is 7.33. The van der Waals surface area contributed by atoms with Crippen molar-refractivity contribution in [3.05, 3.63) is 46.5 Å². The van der Waals surface area contributed by atoms with Crippen molar-refractivity contribution in [2.75, 3.05) is 0 Å². The Balaban J connectivity index is 1.84. The first-order valence-corrected chi connectivity index (χ1v) is 8.77. The summed E-state index contributed by atoms with van der Waals surface area (Å²) in [5.74, 6) is 0.613. The van der Waals surface area contributed by atoms with Crippen molar-refractivity contribution in [1.82, 2.24) is 20.1 Å². The molecule has 0 aliphatic heterocycles. The van der Waals surface area contributed by atoms with Crippen LogP contribution in [0.25, 0.3) is 11.3 Å². The Labute approximate surface area is 147 Å². The van der Waals surface area contributed by atoms with Crippen LogP contribution in [0.1, 0.15) is 45.2 Å². The molecule has 1 aliphatic carbocycles.